The molecule has 88 valence electrons. The minimum atomic E-state index is -0.980. The summed E-state index contributed by atoms with van der Waals surface area (Å²) in [4.78, 5) is 19.0. The largest absolute Gasteiger partial charge is 0.478 e. The Bertz CT molecular complexity index is 574. The lowest BCUT2D eigenvalue weighted by atomic mass is 10.2. The Hall–Kier alpha value is -1.95. The summed E-state index contributed by atoms with van der Waals surface area (Å²) in [6.45, 7) is 1.50. The third kappa shape index (κ3) is 1.76. The fourth-order valence-corrected chi connectivity index (χ4v) is 1.85. The summed E-state index contributed by atoms with van der Waals surface area (Å²) in [6.07, 6.45) is 4.24. The number of carboxylic acid groups (broad SMARTS) is 1. The molecule has 1 fully saturated rings. The van der Waals surface area contributed by atoms with Gasteiger partial charge in [0.15, 0.2) is 5.65 Å². The molecule has 0 aliphatic carbocycles. The molecule has 1 saturated heterocycles. The molecule has 17 heavy (non-hydrogen) atoms. The average molecular weight is 233 g/mol. The highest BCUT2D eigenvalue weighted by Gasteiger charge is 2.19. The Labute approximate surface area is 96.9 Å². The number of ether oxygens (including phenoxy) is 1. The highest BCUT2D eigenvalue weighted by molar-refractivity contribution is 5.90. The molecular weight excluding hydrogens is 222 g/mol. The maximum Gasteiger partial charge on any atom is 0.337 e. The van der Waals surface area contributed by atoms with E-state index in [0.717, 1.165) is 18.5 Å². The van der Waals surface area contributed by atoms with E-state index in [-0.39, 0.29) is 11.7 Å². The zero-order valence-electron chi connectivity index (χ0n) is 9.04. The van der Waals surface area contributed by atoms with E-state index in [9.17, 15) is 4.79 Å². The number of carboxylic acids is 1. The standard InChI is InChI=1S/C11H11N3O3/c15-11(16)7-3-9-10(12-4-7)13-6-14(9)5-8-1-2-17-8/h3-4,6,8H,1-2,5H2,(H,15,16). The lowest BCUT2D eigenvalue weighted by Crippen LogP contribution is -2.30. The molecule has 2 aromatic rings. The van der Waals surface area contributed by atoms with Gasteiger partial charge in [-0.15, -0.1) is 0 Å². The number of hydrogen-bond donors (Lipinski definition) is 1. The second-order valence-electron chi connectivity index (χ2n) is 4.05. The van der Waals surface area contributed by atoms with Gasteiger partial charge in [-0.2, -0.15) is 0 Å². The van der Waals surface area contributed by atoms with E-state index in [0.29, 0.717) is 12.2 Å². The zero-order chi connectivity index (χ0) is 11.8. The van der Waals surface area contributed by atoms with Gasteiger partial charge in [-0.3, -0.25) is 0 Å². The van der Waals surface area contributed by atoms with Gasteiger partial charge in [0.25, 0.3) is 0 Å². The molecule has 0 amide bonds. The Balaban J connectivity index is 1.99. The average Bonchev–Trinajstić information content (AvgIpc) is 2.65. The number of carbonyl (C=O) groups is 1. The maximum atomic E-state index is 10.9. The summed E-state index contributed by atoms with van der Waals surface area (Å²) in [6, 6.07) is 1.59. The van der Waals surface area contributed by atoms with Crippen LogP contribution in [0.3, 0.4) is 0 Å². The van der Waals surface area contributed by atoms with Crippen molar-refractivity contribution in [2.75, 3.05) is 6.61 Å². The fourth-order valence-electron chi connectivity index (χ4n) is 1.85. The Morgan fingerprint density at radius 2 is 2.41 bits per heavy atom. The van der Waals surface area contributed by atoms with Crippen molar-refractivity contribution in [2.45, 2.75) is 19.1 Å². The van der Waals surface area contributed by atoms with Crippen molar-refractivity contribution in [3.63, 3.8) is 0 Å². The summed E-state index contributed by atoms with van der Waals surface area (Å²) in [7, 11) is 0. The van der Waals surface area contributed by atoms with Crippen LogP contribution in [0.5, 0.6) is 0 Å². The molecular formula is C11H11N3O3. The number of aromatic nitrogens is 3. The number of imidazole rings is 1. The first-order chi connectivity index (χ1) is 8.24. The van der Waals surface area contributed by atoms with Crippen LogP contribution in [-0.4, -0.2) is 38.3 Å². The van der Waals surface area contributed by atoms with E-state index in [1.54, 1.807) is 12.4 Å². The number of pyridine rings is 1. The van der Waals surface area contributed by atoms with Crippen molar-refractivity contribution < 1.29 is 14.6 Å². The van der Waals surface area contributed by atoms with Gasteiger partial charge in [-0.25, -0.2) is 14.8 Å². The summed E-state index contributed by atoms with van der Waals surface area (Å²) in [5.41, 5.74) is 1.48. The van der Waals surface area contributed by atoms with Crippen LogP contribution >= 0.6 is 0 Å². The van der Waals surface area contributed by atoms with E-state index in [1.807, 2.05) is 4.57 Å². The van der Waals surface area contributed by atoms with Gasteiger partial charge in [0.2, 0.25) is 0 Å². The Morgan fingerprint density at radius 1 is 1.59 bits per heavy atom. The van der Waals surface area contributed by atoms with E-state index in [1.165, 1.54) is 6.20 Å². The van der Waals surface area contributed by atoms with Gasteiger partial charge in [0, 0.05) is 12.8 Å². The number of aromatic carboxylic acids is 1. The van der Waals surface area contributed by atoms with Crippen LogP contribution in [0.15, 0.2) is 18.6 Å². The second kappa shape index (κ2) is 3.81. The highest BCUT2D eigenvalue weighted by Crippen LogP contribution is 2.18. The molecule has 6 nitrogen and oxygen atoms in total. The normalized spacial score (nSPS) is 19.2. The minimum Gasteiger partial charge on any atom is -0.478 e. The number of hydrogen-bond acceptors (Lipinski definition) is 4. The van der Waals surface area contributed by atoms with Gasteiger partial charge in [0.1, 0.15) is 0 Å². The topological polar surface area (TPSA) is 77.2 Å². The van der Waals surface area contributed by atoms with E-state index in [4.69, 9.17) is 9.84 Å². The Kier molecular flexibility index (Phi) is 2.29. The molecule has 2 aromatic heterocycles. The lowest BCUT2D eigenvalue weighted by Gasteiger charge is -2.26. The van der Waals surface area contributed by atoms with E-state index < -0.39 is 5.97 Å². The van der Waals surface area contributed by atoms with Gasteiger partial charge < -0.3 is 14.4 Å². The van der Waals surface area contributed by atoms with Crippen LogP contribution in [0.2, 0.25) is 0 Å². The summed E-state index contributed by atoms with van der Waals surface area (Å²) in [5, 5.41) is 8.92. The first kappa shape index (κ1) is 10.2. The predicted octanol–water partition coefficient (Wildman–Crippen LogP) is 0.918. The molecule has 1 aliphatic rings. The van der Waals surface area contributed by atoms with Crippen LogP contribution in [0.25, 0.3) is 11.2 Å². The third-order valence-corrected chi connectivity index (χ3v) is 2.92. The SMILES string of the molecule is O=C(O)c1cnc2ncn(CC3CCO3)c2c1. The number of nitrogens with zero attached hydrogens (tertiary/aromatic N) is 3. The van der Waals surface area contributed by atoms with Crippen molar-refractivity contribution in [3.8, 4) is 0 Å². The molecule has 3 rings (SSSR count). The highest BCUT2D eigenvalue weighted by atomic mass is 16.5. The summed E-state index contributed by atoms with van der Waals surface area (Å²) < 4.78 is 7.23. The lowest BCUT2D eigenvalue weighted by molar-refractivity contribution is -0.0586. The van der Waals surface area contributed by atoms with Crippen molar-refractivity contribution in [1.29, 1.82) is 0 Å². The smallest absolute Gasteiger partial charge is 0.337 e. The Morgan fingerprint density at radius 3 is 3.06 bits per heavy atom. The molecule has 0 saturated carbocycles. The molecule has 1 atom stereocenters. The molecule has 1 N–H and O–H groups in total. The molecule has 0 spiro atoms. The molecule has 0 radical (unpaired) electrons. The molecule has 0 aromatic carbocycles. The van der Waals surface area contributed by atoms with Gasteiger partial charge in [-0.1, -0.05) is 0 Å². The third-order valence-electron chi connectivity index (χ3n) is 2.92. The quantitative estimate of drug-likeness (QED) is 0.852. The molecule has 1 aliphatic heterocycles. The van der Waals surface area contributed by atoms with Crippen molar-refractivity contribution in [3.05, 3.63) is 24.2 Å². The molecule has 3 heterocycles. The molecule has 1 unspecified atom stereocenters. The van der Waals surface area contributed by atoms with Crippen LogP contribution < -0.4 is 0 Å². The van der Waals surface area contributed by atoms with Crippen molar-refractivity contribution in [2.24, 2.45) is 0 Å². The number of fused-ring (bicyclic) bond motifs is 1. The minimum absolute atomic E-state index is 0.175. The molecule has 6 heteroatoms. The zero-order valence-corrected chi connectivity index (χ0v) is 9.04. The van der Waals surface area contributed by atoms with Crippen molar-refractivity contribution >= 4 is 17.1 Å². The predicted molar refractivity (Wildman–Crippen MR) is 58.8 cm³/mol. The maximum absolute atomic E-state index is 10.9. The first-order valence-electron chi connectivity index (χ1n) is 5.40. The fraction of sp³-hybridized carbons (Fsp3) is 0.364. The first-order valence-corrected chi connectivity index (χ1v) is 5.40. The molecule has 0 bridgehead atoms. The summed E-state index contributed by atoms with van der Waals surface area (Å²) in [5.74, 6) is -0.980. The van der Waals surface area contributed by atoms with Crippen LogP contribution in [-0.2, 0) is 11.3 Å². The summed E-state index contributed by atoms with van der Waals surface area (Å²) >= 11 is 0. The van der Waals surface area contributed by atoms with Gasteiger partial charge in [-0.05, 0) is 12.5 Å². The van der Waals surface area contributed by atoms with E-state index in [2.05, 4.69) is 9.97 Å². The van der Waals surface area contributed by atoms with Crippen LogP contribution in [0, 0.1) is 0 Å². The monoisotopic (exact) mass is 233 g/mol. The van der Waals surface area contributed by atoms with Crippen LogP contribution in [0.4, 0.5) is 0 Å². The number of rotatable bonds is 3. The van der Waals surface area contributed by atoms with Gasteiger partial charge in [0.05, 0.1) is 30.1 Å². The van der Waals surface area contributed by atoms with Crippen molar-refractivity contribution in [1.82, 2.24) is 14.5 Å². The van der Waals surface area contributed by atoms with Gasteiger partial charge >= 0.3 is 5.97 Å². The van der Waals surface area contributed by atoms with E-state index >= 15 is 0 Å². The van der Waals surface area contributed by atoms with Crippen LogP contribution in [0.1, 0.15) is 16.8 Å². The second-order valence-corrected chi connectivity index (χ2v) is 4.05.